The fourth-order valence-electron chi connectivity index (χ4n) is 3.36. The number of rotatable bonds is 4. The van der Waals surface area contributed by atoms with Crippen LogP contribution < -0.4 is 5.32 Å². The minimum absolute atomic E-state index is 0.0205. The molecule has 1 saturated heterocycles. The maximum absolute atomic E-state index is 12.9. The minimum atomic E-state index is -0.291. The third kappa shape index (κ3) is 4.27. The summed E-state index contributed by atoms with van der Waals surface area (Å²) in [6.07, 6.45) is 3.90. The third-order valence-corrected chi connectivity index (χ3v) is 5.03. The van der Waals surface area contributed by atoms with Gasteiger partial charge in [0.2, 0.25) is 5.91 Å². The molecule has 3 rings (SSSR count). The second-order valence-corrected chi connectivity index (χ2v) is 6.95. The number of aryl methyl sites for hydroxylation is 2. The van der Waals surface area contributed by atoms with Crippen molar-refractivity contribution in [2.75, 3.05) is 18.4 Å². The summed E-state index contributed by atoms with van der Waals surface area (Å²) in [5.74, 6) is -0.108. The Morgan fingerprint density at radius 1 is 1.33 bits per heavy atom. The molecule has 6 nitrogen and oxygen atoms in total. The first-order valence-corrected chi connectivity index (χ1v) is 9.33. The number of aromatic nitrogens is 1. The Labute approximate surface area is 159 Å². The van der Waals surface area contributed by atoms with E-state index in [1.807, 2.05) is 32.0 Å². The maximum Gasteiger partial charge on any atom is 0.257 e. The van der Waals surface area contributed by atoms with Crippen LogP contribution in [0.4, 0.5) is 5.82 Å². The van der Waals surface area contributed by atoms with Gasteiger partial charge < -0.3 is 15.3 Å². The molecule has 1 aliphatic rings. The van der Waals surface area contributed by atoms with Crippen molar-refractivity contribution in [1.82, 2.24) is 9.88 Å². The van der Waals surface area contributed by atoms with E-state index in [-0.39, 0.29) is 23.5 Å². The molecule has 2 aromatic rings. The SMILES string of the molecule is CCc1ccc(O)c(C(=O)N2CCCC(C(=O)Nc3ncccc3C)C2)c1. The summed E-state index contributed by atoms with van der Waals surface area (Å²) in [7, 11) is 0. The predicted molar refractivity (Wildman–Crippen MR) is 104 cm³/mol. The highest BCUT2D eigenvalue weighted by atomic mass is 16.3. The molecule has 1 atom stereocenters. The number of carbonyl (C=O) groups excluding carboxylic acids is 2. The number of piperidine rings is 1. The van der Waals surface area contributed by atoms with Gasteiger partial charge in [0.25, 0.3) is 5.91 Å². The van der Waals surface area contributed by atoms with Crippen molar-refractivity contribution in [3.8, 4) is 5.75 Å². The number of likely N-dealkylation sites (tertiary alicyclic amines) is 1. The van der Waals surface area contributed by atoms with Crippen molar-refractivity contribution >= 4 is 17.6 Å². The van der Waals surface area contributed by atoms with Gasteiger partial charge in [0.15, 0.2) is 0 Å². The van der Waals surface area contributed by atoms with E-state index in [1.165, 1.54) is 0 Å². The van der Waals surface area contributed by atoms with Crippen LogP contribution in [0.2, 0.25) is 0 Å². The first kappa shape index (κ1) is 18.9. The van der Waals surface area contributed by atoms with Crippen LogP contribution in [-0.2, 0) is 11.2 Å². The molecular formula is C21H25N3O3. The lowest BCUT2D eigenvalue weighted by atomic mass is 9.96. The Bertz CT molecular complexity index is 850. The van der Waals surface area contributed by atoms with Gasteiger partial charge in [-0.3, -0.25) is 9.59 Å². The van der Waals surface area contributed by atoms with Crippen molar-refractivity contribution in [3.05, 3.63) is 53.2 Å². The fraction of sp³-hybridized carbons (Fsp3) is 0.381. The molecule has 27 heavy (non-hydrogen) atoms. The molecule has 6 heteroatoms. The number of nitrogens with one attached hydrogen (secondary N) is 1. The summed E-state index contributed by atoms with van der Waals surface area (Å²) < 4.78 is 0. The average Bonchev–Trinajstić information content (AvgIpc) is 2.69. The van der Waals surface area contributed by atoms with E-state index in [0.717, 1.165) is 30.4 Å². The van der Waals surface area contributed by atoms with Gasteiger partial charge >= 0.3 is 0 Å². The first-order chi connectivity index (χ1) is 13.0. The molecule has 0 saturated carbocycles. The monoisotopic (exact) mass is 367 g/mol. The highest BCUT2D eigenvalue weighted by Crippen LogP contribution is 2.25. The minimum Gasteiger partial charge on any atom is -0.507 e. The van der Waals surface area contributed by atoms with Gasteiger partial charge in [-0.05, 0) is 55.5 Å². The Morgan fingerprint density at radius 2 is 2.15 bits per heavy atom. The summed E-state index contributed by atoms with van der Waals surface area (Å²) in [5.41, 5.74) is 2.19. The van der Waals surface area contributed by atoms with Crippen molar-refractivity contribution in [2.45, 2.75) is 33.1 Å². The molecule has 2 N–H and O–H groups in total. The molecule has 1 aromatic heterocycles. The average molecular weight is 367 g/mol. The topological polar surface area (TPSA) is 82.5 Å². The van der Waals surface area contributed by atoms with Gasteiger partial charge in [-0.1, -0.05) is 19.1 Å². The predicted octanol–water partition coefficient (Wildman–Crippen LogP) is 3.15. The van der Waals surface area contributed by atoms with Crippen LogP contribution in [0.5, 0.6) is 5.75 Å². The summed E-state index contributed by atoms with van der Waals surface area (Å²) in [4.78, 5) is 31.4. The third-order valence-electron chi connectivity index (χ3n) is 5.03. The lowest BCUT2D eigenvalue weighted by Crippen LogP contribution is -2.44. The van der Waals surface area contributed by atoms with E-state index in [0.29, 0.717) is 24.5 Å². The Hall–Kier alpha value is -2.89. The number of phenols is 1. The summed E-state index contributed by atoms with van der Waals surface area (Å²) in [6.45, 7) is 4.82. The lowest BCUT2D eigenvalue weighted by molar-refractivity contribution is -0.121. The van der Waals surface area contributed by atoms with Gasteiger partial charge in [-0.25, -0.2) is 4.98 Å². The van der Waals surface area contributed by atoms with Gasteiger partial charge in [0.05, 0.1) is 11.5 Å². The quantitative estimate of drug-likeness (QED) is 0.870. The fourth-order valence-corrected chi connectivity index (χ4v) is 3.36. The number of phenolic OH excluding ortho intramolecular Hbond substituents is 1. The molecule has 1 aliphatic heterocycles. The van der Waals surface area contributed by atoms with E-state index in [1.54, 1.807) is 23.2 Å². The van der Waals surface area contributed by atoms with Crippen molar-refractivity contribution in [1.29, 1.82) is 0 Å². The smallest absolute Gasteiger partial charge is 0.257 e. The van der Waals surface area contributed by atoms with E-state index < -0.39 is 0 Å². The number of hydrogen-bond donors (Lipinski definition) is 2. The van der Waals surface area contributed by atoms with Gasteiger partial charge in [-0.2, -0.15) is 0 Å². The van der Waals surface area contributed by atoms with Gasteiger partial charge in [0.1, 0.15) is 11.6 Å². The van der Waals surface area contributed by atoms with Crippen LogP contribution >= 0.6 is 0 Å². The number of hydrogen-bond acceptors (Lipinski definition) is 4. The second kappa shape index (κ2) is 8.20. The number of amides is 2. The summed E-state index contributed by atoms with van der Waals surface area (Å²) in [5, 5.41) is 13.0. The van der Waals surface area contributed by atoms with Crippen LogP contribution in [0.15, 0.2) is 36.5 Å². The number of nitrogens with zero attached hydrogens (tertiary/aromatic N) is 2. The molecule has 0 bridgehead atoms. The van der Waals surface area contributed by atoms with Crippen LogP contribution in [0, 0.1) is 12.8 Å². The van der Waals surface area contributed by atoms with E-state index in [4.69, 9.17) is 0 Å². The zero-order chi connectivity index (χ0) is 19.4. The normalized spacial score (nSPS) is 16.8. The first-order valence-electron chi connectivity index (χ1n) is 9.33. The van der Waals surface area contributed by atoms with Crippen LogP contribution in [0.1, 0.15) is 41.3 Å². The molecule has 1 fully saturated rings. The zero-order valence-electron chi connectivity index (χ0n) is 15.7. The van der Waals surface area contributed by atoms with Crippen molar-refractivity contribution < 1.29 is 14.7 Å². The molecule has 2 heterocycles. The largest absolute Gasteiger partial charge is 0.507 e. The number of carbonyl (C=O) groups is 2. The van der Waals surface area contributed by atoms with Crippen LogP contribution in [0.3, 0.4) is 0 Å². The van der Waals surface area contributed by atoms with E-state index in [9.17, 15) is 14.7 Å². The standard InChI is InChI=1S/C21H25N3O3/c1-3-15-8-9-18(25)17(12-15)21(27)24-11-5-7-16(13-24)20(26)23-19-14(2)6-4-10-22-19/h4,6,8-10,12,16,25H,3,5,7,11,13H2,1-2H3,(H,22,23,26). The van der Waals surface area contributed by atoms with Crippen molar-refractivity contribution in [3.63, 3.8) is 0 Å². The highest BCUT2D eigenvalue weighted by Gasteiger charge is 2.30. The Kier molecular flexibility index (Phi) is 5.74. The Balaban J connectivity index is 1.71. The number of aromatic hydroxyl groups is 1. The second-order valence-electron chi connectivity index (χ2n) is 6.95. The zero-order valence-corrected chi connectivity index (χ0v) is 15.7. The highest BCUT2D eigenvalue weighted by molar-refractivity contribution is 5.98. The van der Waals surface area contributed by atoms with E-state index in [2.05, 4.69) is 10.3 Å². The van der Waals surface area contributed by atoms with Crippen LogP contribution in [0.25, 0.3) is 0 Å². The van der Waals surface area contributed by atoms with Gasteiger partial charge in [0, 0.05) is 19.3 Å². The lowest BCUT2D eigenvalue weighted by Gasteiger charge is -2.32. The Morgan fingerprint density at radius 3 is 2.89 bits per heavy atom. The number of benzene rings is 1. The number of pyridine rings is 1. The molecule has 0 radical (unpaired) electrons. The van der Waals surface area contributed by atoms with Gasteiger partial charge in [-0.15, -0.1) is 0 Å². The van der Waals surface area contributed by atoms with E-state index >= 15 is 0 Å². The summed E-state index contributed by atoms with van der Waals surface area (Å²) in [6, 6.07) is 8.82. The molecular weight excluding hydrogens is 342 g/mol. The number of anilines is 1. The molecule has 1 aromatic carbocycles. The van der Waals surface area contributed by atoms with Crippen LogP contribution in [-0.4, -0.2) is 39.9 Å². The maximum atomic E-state index is 12.9. The summed E-state index contributed by atoms with van der Waals surface area (Å²) >= 11 is 0. The molecule has 1 unspecified atom stereocenters. The molecule has 0 aliphatic carbocycles. The molecule has 0 spiro atoms. The molecule has 142 valence electrons. The van der Waals surface area contributed by atoms with Crippen molar-refractivity contribution in [2.24, 2.45) is 5.92 Å². The molecule has 2 amide bonds.